The van der Waals surface area contributed by atoms with Crippen LogP contribution in [-0.2, 0) is 4.79 Å². The third kappa shape index (κ3) is 4.16. The van der Waals surface area contributed by atoms with Gasteiger partial charge in [0.15, 0.2) is 5.13 Å². The van der Waals surface area contributed by atoms with E-state index >= 15 is 0 Å². The maximum absolute atomic E-state index is 11.7. The molecule has 4 nitrogen and oxygen atoms in total. The molecule has 0 fully saturated rings. The van der Waals surface area contributed by atoms with Gasteiger partial charge >= 0.3 is 0 Å². The van der Waals surface area contributed by atoms with Crippen molar-refractivity contribution in [2.24, 2.45) is 0 Å². The minimum Gasteiger partial charge on any atom is -0.320 e. The van der Waals surface area contributed by atoms with Crippen molar-refractivity contribution < 1.29 is 4.79 Å². The van der Waals surface area contributed by atoms with E-state index in [0.717, 1.165) is 28.7 Å². The Balaban J connectivity index is 0.00000180. The van der Waals surface area contributed by atoms with E-state index in [1.165, 1.54) is 11.3 Å². The predicted molar refractivity (Wildman–Crippen MR) is 83.4 cm³/mol. The lowest BCUT2D eigenvalue weighted by Gasteiger charge is -2.00. The molecule has 19 heavy (non-hydrogen) atoms. The molecule has 6 heteroatoms. The number of amides is 1. The zero-order valence-electron chi connectivity index (χ0n) is 11.0. The van der Waals surface area contributed by atoms with Crippen molar-refractivity contribution in [1.29, 1.82) is 0 Å². The van der Waals surface area contributed by atoms with Crippen LogP contribution in [0.4, 0.5) is 5.13 Å². The summed E-state index contributed by atoms with van der Waals surface area (Å²) in [6, 6.07) is 6.06. The number of fused-ring (bicyclic) bond motifs is 1. The number of para-hydroxylation sites is 1. The summed E-state index contributed by atoms with van der Waals surface area (Å²) < 4.78 is 1.11. The molecule has 1 aromatic carbocycles. The van der Waals surface area contributed by atoms with E-state index in [-0.39, 0.29) is 18.3 Å². The summed E-state index contributed by atoms with van der Waals surface area (Å²) in [6.07, 6.45) is 1.36. The molecule has 2 aromatic rings. The average Bonchev–Trinajstić information content (AvgIpc) is 2.73. The highest BCUT2D eigenvalue weighted by Gasteiger charge is 2.08. The monoisotopic (exact) mass is 299 g/mol. The first kappa shape index (κ1) is 15.9. The lowest BCUT2D eigenvalue weighted by atomic mass is 10.2. The molecular formula is C13H18ClN3OS. The van der Waals surface area contributed by atoms with Gasteiger partial charge in [-0.1, -0.05) is 23.5 Å². The van der Waals surface area contributed by atoms with Gasteiger partial charge in [-0.15, -0.1) is 12.4 Å². The first-order valence-corrected chi connectivity index (χ1v) is 6.83. The Morgan fingerprint density at radius 3 is 2.89 bits per heavy atom. The average molecular weight is 300 g/mol. The Kier molecular flexibility index (Phi) is 6.21. The smallest absolute Gasteiger partial charge is 0.226 e. The van der Waals surface area contributed by atoms with Gasteiger partial charge in [-0.05, 0) is 38.6 Å². The standard InChI is InChI=1S/C13H17N3OS.ClH/c1-9-5-3-6-10-12(9)16-13(18-10)15-11(17)7-4-8-14-2;/h3,5-6,14H,4,7-8H2,1-2H3,(H,15,16,17);1H. The van der Waals surface area contributed by atoms with Crippen LogP contribution in [0.2, 0.25) is 0 Å². The number of thiazole rings is 1. The molecule has 0 aliphatic heterocycles. The number of hydrogen-bond acceptors (Lipinski definition) is 4. The Morgan fingerprint density at radius 1 is 1.42 bits per heavy atom. The molecule has 0 spiro atoms. The number of benzene rings is 1. The first-order chi connectivity index (χ1) is 8.70. The van der Waals surface area contributed by atoms with Crippen molar-refractivity contribution >= 4 is 45.0 Å². The highest BCUT2D eigenvalue weighted by molar-refractivity contribution is 7.22. The Hall–Kier alpha value is -1.17. The number of carbonyl (C=O) groups is 1. The highest BCUT2D eigenvalue weighted by atomic mass is 35.5. The number of anilines is 1. The minimum absolute atomic E-state index is 0. The van der Waals surface area contributed by atoms with E-state index in [1.54, 1.807) is 0 Å². The molecule has 104 valence electrons. The molecule has 0 bridgehead atoms. The summed E-state index contributed by atoms with van der Waals surface area (Å²) in [7, 11) is 1.88. The van der Waals surface area contributed by atoms with E-state index in [9.17, 15) is 4.79 Å². The number of nitrogens with zero attached hydrogens (tertiary/aromatic N) is 1. The lowest BCUT2D eigenvalue weighted by molar-refractivity contribution is -0.116. The van der Waals surface area contributed by atoms with Gasteiger partial charge in [0.25, 0.3) is 0 Å². The molecule has 2 rings (SSSR count). The van der Waals surface area contributed by atoms with Gasteiger partial charge in [0, 0.05) is 6.42 Å². The quantitative estimate of drug-likeness (QED) is 0.835. The van der Waals surface area contributed by atoms with Crippen LogP contribution < -0.4 is 10.6 Å². The van der Waals surface area contributed by atoms with Crippen LogP contribution in [0.1, 0.15) is 18.4 Å². The third-order valence-corrected chi connectivity index (χ3v) is 3.63. The number of halogens is 1. The summed E-state index contributed by atoms with van der Waals surface area (Å²) in [5, 5.41) is 6.57. The van der Waals surface area contributed by atoms with Crippen molar-refractivity contribution in [2.45, 2.75) is 19.8 Å². The van der Waals surface area contributed by atoms with Gasteiger partial charge in [0.1, 0.15) is 0 Å². The van der Waals surface area contributed by atoms with Crippen molar-refractivity contribution in [1.82, 2.24) is 10.3 Å². The molecule has 1 aromatic heterocycles. The molecule has 0 radical (unpaired) electrons. The van der Waals surface area contributed by atoms with Crippen LogP contribution in [0.25, 0.3) is 10.2 Å². The lowest BCUT2D eigenvalue weighted by Crippen LogP contribution is -2.15. The van der Waals surface area contributed by atoms with Crippen LogP contribution >= 0.6 is 23.7 Å². The number of aryl methyl sites for hydroxylation is 1. The molecule has 0 saturated carbocycles. The normalized spacial score (nSPS) is 10.2. The van der Waals surface area contributed by atoms with E-state index in [2.05, 4.69) is 15.6 Å². The molecule has 2 N–H and O–H groups in total. The first-order valence-electron chi connectivity index (χ1n) is 6.01. The zero-order valence-corrected chi connectivity index (χ0v) is 12.7. The van der Waals surface area contributed by atoms with Gasteiger partial charge in [0.05, 0.1) is 10.2 Å². The van der Waals surface area contributed by atoms with Crippen molar-refractivity contribution in [3.63, 3.8) is 0 Å². The third-order valence-electron chi connectivity index (χ3n) is 2.70. The second-order valence-corrected chi connectivity index (χ2v) is 5.23. The predicted octanol–water partition coefficient (Wildman–Crippen LogP) is 2.96. The second-order valence-electron chi connectivity index (χ2n) is 4.20. The van der Waals surface area contributed by atoms with Crippen LogP contribution in [0, 0.1) is 6.92 Å². The number of carbonyl (C=O) groups excluding carboxylic acids is 1. The molecular weight excluding hydrogens is 282 g/mol. The topological polar surface area (TPSA) is 54.0 Å². The van der Waals surface area contributed by atoms with Gasteiger partial charge < -0.3 is 10.6 Å². The van der Waals surface area contributed by atoms with Crippen LogP contribution in [0.5, 0.6) is 0 Å². The molecule has 0 atom stereocenters. The van der Waals surface area contributed by atoms with Gasteiger partial charge in [0.2, 0.25) is 5.91 Å². The number of aromatic nitrogens is 1. The molecule has 0 saturated heterocycles. The van der Waals surface area contributed by atoms with Crippen molar-refractivity contribution in [3.8, 4) is 0 Å². The second kappa shape index (κ2) is 7.43. The molecule has 1 heterocycles. The van der Waals surface area contributed by atoms with E-state index < -0.39 is 0 Å². The Bertz CT molecular complexity index is 556. The van der Waals surface area contributed by atoms with Crippen LogP contribution in [0.3, 0.4) is 0 Å². The van der Waals surface area contributed by atoms with E-state index in [1.807, 2.05) is 32.2 Å². The maximum Gasteiger partial charge on any atom is 0.226 e. The fourth-order valence-corrected chi connectivity index (χ4v) is 2.71. The van der Waals surface area contributed by atoms with Gasteiger partial charge in [-0.2, -0.15) is 0 Å². The van der Waals surface area contributed by atoms with E-state index in [4.69, 9.17) is 0 Å². The fourth-order valence-electron chi connectivity index (χ4n) is 1.75. The van der Waals surface area contributed by atoms with Gasteiger partial charge in [-0.25, -0.2) is 4.98 Å². The van der Waals surface area contributed by atoms with Crippen LogP contribution in [0.15, 0.2) is 18.2 Å². The number of rotatable bonds is 5. The molecule has 0 unspecified atom stereocenters. The SMILES string of the molecule is CNCCCC(=O)Nc1nc2c(C)cccc2s1.Cl. The minimum atomic E-state index is 0. The van der Waals surface area contributed by atoms with Gasteiger partial charge in [-0.3, -0.25) is 4.79 Å². The van der Waals surface area contributed by atoms with Crippen LogP contribution in [-0.4, -0.2) is 24.5 Å². The highest BCUT2D eigenvalue weighted by Crippen LogP contribution is 2.27. The Labute approximate surface area is 123 Å². The fraction of sp³-hybridized carbons (Fsp3) is 0.385. The van der Waals surface area contributed by atoms with E-state index in [0.29, 0.717) is 11.6 Å². The van der Waals surface area contributed by atoms with Crippen molar-refractivity contribution in [2.75, 3.05) is 18.9 Å². The molecule has 0 aliphatic carbocycles. The zero-order chi connectivity index (χ0) is 13.0. The number of nitrogens with one attached hydrogen (secondary N) is 2. The largest absolute Gasteiger partial charge is 0.320 e. The summed E-state index contributed by atoms with van der Waals surface area (Å²) in [5.74, 6) is 0.0296. The summed E-state index contributed by atoms with van der Waals surface area (Å²) in [5.41, 5.74) is 2.12. The van der Waals surface area contributed by atoms with Crippen molar-refractivity contribution in [3.05, 3.63) is 23.8 Å². The molecule has 0 aliphatic rings. The summed E-state index contributed by atoms with van der Waals surface area (Å²) >= 11 is 1.52. The maximum atomic E-state index is 11.7. The molecule has 1 amide bonds. The Morgan fingerprint density at radius 2 is 2.21 bits per heavy atom. The summed E-state index contributed by atoms with van der Waals surface area (Å²) in [6.45, 7) is 2.88. The number of hydrogen-bond donors (Lipinski definition) is 2. The summed E-state index contributed by atoms with van der Waals surface area (Å²) in [4.78, 5) is 16.1.